The van der Waals surface area contributed by atoms with Crippen molar-refractivity contribution in [3.8, 4) is 0 Å². The molecule has 0 fully saturated rings. The summed E-state index contributed by atoms with van der Waals surface area (Å²) in [7, 11) is -1.02. The standard InChI is InChI=1S/C14H22ClNOS/c1-2-3-4-5-6-7-10-18(17)14-11-12(16)8-9-13(14)15/h8-9,11H,2-7,10,16H2,1H3. The highest BCUT2D eigenvalue weighted by molar-refractivity contribution is 7.85. The second kappa shape index (κ2) is 8.54. The molecule has 1 rings (SSSR count). The Kier molecular flexibility index (Phi) is 7.36. The van der Waals surface area contributed by atoms with Crippen LogP contribution in [-0.4, -0.2) is 9.96 Å². The number of unbranched alkanes of at least 4 members (excludes halogenated alkanes) is 5. The summed E-state index contributed by atoms with van der Waals surface area (Å²) in [4.78, 5) is 0.672. The molecule has 1 atom stereocenters. The highest BCUT2D eigenvalue weighted by Gasteiger charge is 2.08. The van der Waals surface area contributed by atoms with E-state index < -0.39 is 10.8 Å². The van der Waals surface area contributed by atoms with Gasteiger partial charge in [-0.1, -0.05) is 50.6 Å². The van der Waals surface area contributed by atoms with Crippen molar-refractivity contribution in [2.75, 3.05) is 11.5 Å². The minimum absolute atomic E-state index is 0.550. The third-order valence-electron chi connectivity index (χ3n) is 2.88. The van der Waals surface area contributed by atoms with Crippen LogP contribution in [0, 0.1) is 0 Å². The van der Waals surface area contributed by atoms with Crippen LogP contribution in [0.15, 0.2) is 23.1 Å². The van der Waals surface area contributed by atoms with Gasteiger partial charge in [0.15, 0.2) is 0 Å². The molecule has 0 bridgehead atoms. The molecule has 2 N–H and O–H groups in total. The average Bonchev–Trinajstić information content (AvgIpc) is 2.36. The average molecular weight is 288 g/mol. The normalized spacial score (nSPS) is 12.6. The lowest BCUT2D eigenvalue weighted by Gasteiger charge is -2.06. The quantitative estimate of drug-likeness (QED) is 0.569. The highest BCUT2D eigenvalue weighted by Crippen LogP contribution is 2.23. The summed E-state index contributed by atoms with van der Waals surface area (Å²) in [6.45, 7) is 2.21. The fraction of sp³-hybridized carbons (Fsp3) is 0.571. The lowest BCUT2D eigenvalue weighted by Crippen LogP contribution is -2.00. The van der Waals surface area contributed by atoms with E-state index >= 15 is 0 Å². The van der Waals surface area contributed by atoms with Gasteiger partial charge >= 0.3 is 0 Å². The SMILES string of the molecule is CCCCCCCCS(=O)c1cc(N)ccc1Cl. The van der Waals surface area contributed by atoms with Crippen molar-refractivity contribution in [3.05, 3.63) is 23.2 Å². The number of halogens is 1. The lowest BCUT2D eigenvalue weighted by atomic mass is 10.1. The van der Waals surface area contributed by atoms with Gasteiger partial charge in [-0.2, -0.15) is 0 Å². The summed E-state index contributed by atoms with van der Waals surface area (Å²) in [5, 5.41) is 0.550. The monoisotopic (exact) mass is 287 g/mol. The Morgan fingerprint density at radius 1 is 1.17 bits per heavy atom. The molecule has 102 valence electrons. The first-order valence-corrected chi connectivity index (χ1v) is 8.28. The van der Waals surface area contributed by atoms with E-state index in [0.717, 1.165) is 12.8 Å². The number of benzene rings is 1. The zero-order valence-corrected chi connectivity index (χ0v) is 12.5. The molecule has 0 amide bonds. The molecule has 1 unspecified atom stereocenters. The van der Waals surface area contributed by atoms with Gasteiger partial charge in [0.2, 0.25) is 0 Å². The van der Waals surface area contributed by atoms with E-state index in [-0.39, 0.29) is 0 Å². The fourth-order valence-electron chi connectivity index (χ4n) is 1.82. The molecule has 0 spiro atoms. The van der Waals surface area contributed by atoms with Crippen LogP contribution in [0.25, 0.3) is 0 Å². The van der Waals surface area contributed by atoms with Crippen LogP contribution in [0.5, 0.6) is 0 Å². The first kappa shape index (κ1) is 15.5. The van der Waals surface area contributed by atoms with Crippen molar-refractivity contribution in [1.29, 1.82) is 0 Å². The summed E-state index contributed by atoms with van der Waals surface area (Å²) in [6, 6.07) is 5.16. The second-order valence-corrected chi connectivity index (χ2v) is 6.45. The van der Waals surface area contributed by atoms with Crippen molar-refractivity contribution in [1.82, 2.24) is 0 Å². The predicted molar refractivity (Wildman–Crippen MR) is 80.5 cm³/mol. The first-order valence-electron chi connectivity index (χ1n) is 6.58. The largest absolute Gasteiger partial charge is 0.399 e. The Morgan fingerprint density at radius 3 is 2.56 bits per heavy atom. The van der Waals surface area contributed by atoms with Gasteiger partial charge in [0, 0.05) is 11.4 Å². The molecule has 0 saturated heterocycles. The molecular formula is C14H22ClNOS. The topological polar surface area (TPSA) is 43.1 Å². The molecular weight excluding hydrogens is 266 g/mol. The number of hydrogen-bond acceptors (Lipinski definition) is 2. The van der Waals surface area contributed by atoms with Crippen LogP contribution < -0.4 is 5.73 Å². The van der Waals surface area contributed by atoms with E-state index in [1.165, 1.54) is 25.7 Å². The second-order valence-electron chi connectivity index (χ2n) is 4.51. The van der Waals surface area contributed by atoms with Gasteiger partial charge in [-0.15, -0.1) is 0 Å². The summed E-state index contributed by atoms with van der Waals surface area (Å²) in [5.74, 6) is 0.676. The van der Waals surface area contributed by atoms with Crippen LogP contribution in [-0.2, 0) is 10.8 Å². The van der Waals surface area contributed by atoms with E-state index in [1.807, 2.05) is 0 Å². The molecule has 2 nitrogen and oxygen atoms in total. The van der Waals surface area contributed by atoms with Gasteiger partial charge < -0.3 is 5.73 Å². The van der Waals surface area contributed by atoms with Gasteiger partial charge in [-0.3, -0.25) is 4.21 Å². The van der Waals surface area contributed by atoms with Gasteiger partial charge in [-0.25, -0.2) is 0 Å². The summed E-state index contributed by atoms with van der Waals surface area (Å²) < 4.78 is 12.1. The van der Waals surface area contributed by atoms with Crippen molar-refractivity contribution >= 4 is 28.1 Å². The smallest absolute Gasteiger partial charge is 0.0594 e. The van der Waals surface area contributed by atoms with Crippen molar-refractivity contribution in [3.63, 3.8) is 0 Å². The minimum atomic E-state index is -1.02. The molecule has 0 aliphatic rings. The summed E-state index contributed by atoms with van der Waals surface area (Å²) >= 11 is 6.02. The van der Waals surface area contributed by atoms with Gasteiger partial charge in [0.25, 0.3) is 0 Å². The molecule has 0 aliphatic heterocycles. The third kappa shape index (κ3) is 5.40. The van der Waals surface area contributed by atoms with Crippen LogP contribution in [0.2, 0.25) is 5.02 Å². The number of rotatable bonds is 8. The Bertz CT molecular complexity index is 395. The Hall–Kier alpha value is -0.540. The molecule has 0 aliphatic carbocycles. The lowest BCUT2D eigenvalue weighted by molar-refractivity contribution is 0.622. The Balaban J connectivity index is 2.34. The maximum absolute atomic E-state index is 12.1. The maximum atomic E-state index is 12.1. The molecule has 0 heterocycles. The van der Waals surface area contributed by atoms with Gasteiger partial charge in [0.1, 0.15) is 0 Å². The molecule has 1 aromatic carbocycles. The predicted octanol–water partition coefficient (Wildman–Crippen LogP) is 4.39. The number of anilines is 1. The summed E-state index contributed by atoms with van der Waals surface area (Å²) in [6.07, 6.45) is 7.19. The zero-order valence-electron chi connectivity index (χ0n) is 11.0. The number of nitrogens with two attached hydrogens (primary N) is 1. The van der Waals surface area contributed by atoms with Crippen LogP contribution in [0.4, 0.5) is 5.69 Å². The van der Waals surface area contributed by atoms with Gasteiger partial charge in [-0.05, 0) is 24.6 Å². The van der Waals surface area contributed by atoms with Crippen LogP contribution in [0.3, 0.4) is 0 Å². The molecule has 0 aromatic heterocycles. The first-order chi connectivity index (χ1) is 8.65. The fourth-order valence-corrected chi connectivity index (χ4v) is 3.43. The van der Waals surface area contributed by atoms with E-state index in [2.05, 4.69) is 6.92 Å². The van der Waals surface area contributed by atoms with Crippen LogP contribution in [0.1, 0.15) is 45.4 Å². The van der Waals surface area contributed by atoms with E-state index in [9.17, 15) is 4.21 Å². The highest BCUT2D eigenvalue weighted by atomic mass is 35.5. The van der Waals surface area contributed by atoms with Gasteiger partial charge in [0.05, 0.1) is 20.7 Å². The minimum Gasteiger partial charge on any atom is -0.399 e. The van der Waals surface area contributed by atoms with E-state index in [1.54, 1.807) is 18.2 Å². The van der Waals surface area contributed by atoms with Crippen molar-refractivity contribution in [2.24, 2.45) is 0 Å². The van der Waals surface area contributed by atoms with Crippen molar-refractivity contribution < 1.29 is 4.21 Å². The number of hydrogen-bond donors (Lipinski definition) is 1. The third-order valence-corrected chi connectivity index (χ3v) is 4.81. The molecule has 0 saturated carbocycles. The zero-order chi connectivity index (χ0) is 13.4. The van der Waals surface area contributed by atoms with Crippen molar-refractivity contribution in [2.45, 2.75) is 50.3 Å². The Labute approximate surface area is 117 Å². The van der Waals surface area contributed by atoms with E-state index in [0.29, 0.717) is 21.4 Å². The summed E-state index contributed by atoms with van der Waals surface area (Å²) in [5.41, 5.74) is 6.30. The molecule has 0 radical (unpaired) electrons. The maximum Gasteiger partial charge on any atom is 0.0594 e. The molecule has 4 heteroatoms. The molecule has 18 heavy (non-hydrogen) atoms. The molecule has 1 aromatic rings. The number of nitrogen functional groups attached to an aromatic ring is 1. The Morgan fingerprint density at radius 2 is 1.83 bits per heavy atom. The van der Waals surface area contributed by atoms with E-state index in [4.69, 9.17) is 17.3 Å². The van der Waals surface area contributed by atoms with Crippen LogP contribution >= 0.6 is 11.6 Å².